The molecule has 1 aliphatic rings. The summed E-state index contributed by atoms with van der Waals surface area (Å²) in [4.78, 5) is 6.67. The predicted octanol–water partition coefficient (Wildman–Crippen LogP) is 2.41. The summed E-state index contributed by atoms with van der Waals surface area (Å²) in [5.74, 6) is 1.70. The summed E-state index contributed by atoms with van der Waals surface area (Å²) in [6.07, 6.45) is 2.78. The summed E-state index contributed by atoms with van der Waals surface area (Å²) >= 11 is 0. The Balaban J connectivity index is 1.51. The number of rotatable bonds is 3. The van der Waals surface area contributed by atoms with Crippen LogP contribution < -0.4 is 10.2 Å². The van der Waals surface area contributed by atoms with Gasteiger partial charge in [0.2, 0.25) is 0 Å². The van der Waals surface area contributed by atoms with Crippen LogP contribution in [0.15, 0.2) is 65.9 Å². The summed E-state index contributed by atoms with van der Waals surface area (Å²) in [5, 5.41) is 11.7. The molecule has 1 aliphatic heterocycles. The maximum Gasteiger partial charge on any atom is 0.198 e. The quantitative estimate of drug-likeness (QED) is 0.591. The number of fused-ring (bicyclic) bond motifs is 1. The third kappa shape index (κ3) is 2.98. The molecule has 0 bridgehead atoms. The Kier molecular flexibility index (Phi) is 4.16. The van der Waals surface area contributed by atoms with Crippen LogP contribution in [0.1, 0.15) is 11.4 Å². The lowest BCUT2D eigenvalue weighted by atomic mass is 10.2. The molecule has 0 spiro atoms. The first-order valence-electron chi connectivity index (χ1n) is 8.37. The molecule has 2 heterocycles. The smallest absolute Gasteiger partial charge is 0.198 e. The number of benzene rings is 2. The normalized spacial score (nSPS) is 13.8. The van der Waals surface area contributed by atoms with Crippen molar-refractivity contribution < 1.29 is 0 Å². The fraction of sp³-hybridized carbons (Fsp3) is 0.211. The molecule has 6 heteroatoms. The van der Waals surface area contributed by atoms with E-state index < -0.39 is 0 Å². The van der Waals surface area contributed by atoms with Crippen molar-refractivity contribution in [3.05, 3.63) is 72.3 Å². The molecule has 126 valence electrons. The number of aliphatic imine (C=N–C) groups is 1. The molecule has 0 atom stereocenters. The lowest BCUT2D eigenvalue weighted by Crippen LogP contribution is -2.40. The second kappa shape index (κ2) is 6.76. The summed E-state index contributed by atoms with van der Waals surface area (Å²) in [6.45, 7) is 1.49. The average Bonchev–Trinajstić information content (AvgIpc) is 3.30. The zero-order valence-corrected chi connectivity index (χ0v) is 14.1. The Labute approximate surface area is 146 Å². The second-order valence-electron chi connectivity index (χ2n) is 5.88. The Morgan fingerprint density at radius 3 is 2.76 bits per heavy atom. The van der Waals surface area contributed by atoms with Gasteiger partial charge in [-0.05, 0) is 30.2 Å². The SMILES string of the molecule is CN=C(NCc1nncn1-c1ccccc1)N1CCc2ccccc21. The molecule has 0 amide bonds. The van der Waals surface area contributed by atoms with Gasteiger partial charge in [0.1, 0.15) is 6.33 Å². The highest BCUT2D eigenvalue weighted by Gasteiger charge is 2.22. The summed E-state index contributed by atoms with van der Waals surface area (Å²) in [5.41, 5.74) is 3.63. The van der Waals surface area contributed by atoms with E-state index >= 15 is 0 Å². The number of para-hydroxylation sites is 2. The lowest BCUT2D eigenvalue weighted by molar-refractivity contribution is 0.777. The Morgan fingerprint density at radius 2 is 1.92 bits per heavy atom. The molecule has 4 rings (SSSR count). The van der Waals surface area contributed by atoms with Crippen LogP contribution in [-0.4, -0.2) is 34.3 Å². The number of anilines is 1. The second-order valence-corrected chi connectivity index (χ2v) is 5.88. The van der Waals surface area contributed by atoms with Gasteiger partial charge in [-0.25, -0.2) is 0 Å². The van der Waals surface area contributed by atoms with Crippen molar-refractivity contribution in [2.45, 2.75) is 13.0 Å². The molecule has 0 fully saturated rings. The highest BCUT2D eigenvalue weighted by Crippen LogP contribution is 2.27. The number of aromatic nitrogens is 3. The predicted molar refractivity (Wildman–Crippen MR) is 99.0 cm³/mol. The van der Waals surface area contributed by atoms with E-state index in [4.69, 9.17) is 0 Å². The molecule has 0 radical (unpaired) electrons. The van der Waals surface area contributed by atoms with Crippen LogP contribution in [0, 0.1) is 0 Å². The van der Waals surface area contributed by atoms with Crippen LogP contribution in [0.25, 0.3) is 5.69 Å². The Hall–Kier alpha value is -3.15. The molecular formula is C19H20N6. The molecular weight excluding hydrogens is 312 g/mol. The topological polar surface area (TPSA) is 58.3 Å². The Morgan fingerprint density at radius 1 is 1.12 bits per heavy atom. The third-order valence-electron chi connectivity index (χ3n) is 4.41. The standard InChI is InChI=1S/C19H20N6/c1-20-19(24-12-11-15-7-5-6-10-17(15)24)21-13-18-23-22-14-25(18)16-8-3-2-4-9-16/h2-10,14H,11-13H2,1H3,(H,20,21). The van der Waals surface area contributed by atoms with E-state index in [-0.39, 0.29) is 0 Å². The molecule has 3 aromatic rings. The monoisotopic (exact) mass is 332 g/mol. The first-order chi connectivity index (χ1) is 12.4. The molecule has 0 saturated carbocycles. The fourth-order valence-electron chi connectivity index (χ4n) is 3.20. The van der Waals surface area contributed by atoms with Gasteiger partial charge >= 0.3 is 0 Å². The highest BCUT2D eigenvalue weighted by molar-refractivity contribution is 5.97. The maximum atomic E-state index is 4.44. The zero-order chi connectivity index (χ0) is 17.1. The molecule has 1 N–H and O–H groups in total. The van der Waals surface area contributed by atoms with E-state index in [1.807, 2.05) is 41.9 Å². The Bertz CT molecular complexity index is 884. The fourth-order valence-corrected chi connectivity index (χ4v) is 3.20. The van der Waals surface area contributed by atoms with E-state index in [0.717, 1.165) is 30.4 Å². The highest BCUT2D eigenvalue weighted by atomic mass is 15.3. The minimum atomic E-state index is 0.556. The van der Waals surface area contributed by atoms with E-state index in [9.17, 15) is 0 Å². The van der Waals surface area contributed by atoms with Crippen LogP contribution >= 0.6 is 0 Å². The van der Waals surface area contributed by atoms with Gasteiger partial charge < -0.3 is 10.2 Å². The first kappa shape index (κ1) is 15.4. The van der Waals surface area contributed by atoms with Gasteiger partial charge in [-0.15, -0.1) is 10.2 Å². The van der Waals surface area contributed by atoms with Gasteiger partial charge in [0.15, 0.2) is 11.8 Å². The molecule has 2 aromatic carbocycles. The van der Waals surface area contributed by atoms with Crippen LogP contribution in [0.4, 0.5) is 5.69 Å². The van der Waals surface area contributed by atoms with E-state index in [2.05, 4.69) is 49.7 Å². The van der Waals surface area contributed by atoms with Crippen molar-refractivity contribution in [1.29, 1.82) is 0 Å². The van der Waals surface area contributed by atoms with Gasteiger partial charge in [-0.2, -0.15) is 0 Å². The third-order valence-corrected chi connectivity index (χ3v) is 4.41. The van der Waals surface area contributed by atoms with Crippen molar-refractivity contribution in [1.82, 2.24) is 20.1 Å². The molecule has 6 nitrogen and oxygen atoms in total. The van der Waals surface area contributed by atoms with Crippen LogP contribution in [-0.2, 0) is 13.0 Å². The molecule has 25 heavy (non-hydrogen) atoms. The van der Waals surface area contributed by atoms with Crippen LogP contribution in [0.5, 0.6) is 0 Å². The first-order valence-corrected chi connectivity index (χ1v) is 8.37. The lowest BCUT2D eigenvalue weighted by Gasteiger charge is -2.22. The molecule has 0 saturated heterocycles. The minimum absolute atomic E-state index is 0.556. The number of nitrogens with zero attached hydrogens (tertiary/aromatic N) is 5. The van der Waals surface area contributed by atoms with Gasteiger partial charge in [-0.3, -0.25) is 9.56 Å². The van der Waals surface area contributed by atoms with E-state index in [1.165, 1.54) is 11.3 Å². The largest absolute Gasteiger partial charge is 0.349 e. The van der Waals surface area contributed by atoms with Crippen molar-refractivity contribution in [3.8, 4) is 5.69 Å². The average molecular weight is 332 g/mol. The number of guanidine groups is 1. The van der Waals surface area contributed by atoms with Gasteiger partial charge in [0, 0.05) is 25.0 Å². The number of nitrogens with one attached hydrogen (secondary N) is 1. The summed E-state index contributed by atoms with van der Waals surface area (Å²) < 4.78 is 1.98. The van der Waals surface area contributed by atoms with Gasteiger partial charge in [-0.1, -0.05) is 36.4 Å². The van der Waals surface area contributed by atoms with Crippen molar-refractivity contribution >= 4 is 11.6 Å². The molecule has 1 aromatic heterocycles. The molecule has 0 unspecified atom stereocenters. The number of hydrogen-bond acceptors (Lipinski definition) is 3. The van der Waals surface area contributed by atoms with Gasteiger partial charge in [0.25, 0.3) is 0 Å². The van der Waals surface area contributed by atoms with Crippen LogP contribution in [0.2, 0.25) is 0 Å². The zero-order valence-electron chi connectivity index (χ0n) is 14.1. The van der Waals surface area contributed by atoms with Crippen molar-refractivity contribution in [3.63, 3.8) is 0 Å². The van der Waals surface area contributed by atoms with E-state index in [1.54, 1.807) is 6.33 Å². The van der Waals surface area contributed by atoms with E-state index in [0.29, 0.717) is 6.54 Å². The summed E-state index contributed by atoms with van der Waals surface area (Å²) in [7, 11) is 1.81. The molecule has 0 aliphatic carbocycles. The van der Waals surface area contributed by atoms with Crippen molar-refractivity contribution in [2.24, 2.45) is 4.99 Å². The van der Waals surface area contributed by atoms with Crippen LogP contribution in [0.3, 0.4) is 0 Å². The minimum Gasteiger partial charge on any atom is -0.349 e. The van der Waals surface area contributed by atoms with Crippen molar-refractivity contribution in [2.75, 3.05) is 18.5 Å². The number of hydrogen-bond donors (Lipinski definition) is 1. The summed E-state index contributed by atoms with van der Waals surface area (Å²) in [6, 6.07) is 18.6. The van der Waals surface area contributed by atoms with Gasteiger partial charge in [0.05, 0.1) is 6.54 Å². The maximum absolute atomic E-state index is 4.44.